The molecule has 0 radical (unpaired) electrons. The molecular weight excluding hydrogens is 416 g/mol. The number of ketones is 2. The Labute approximate surface area is 195 Å². The third-order valence-corrected chi connectivity index (χ3v) is 5.38. The van der Waals surface area contributed by atoms with Crippen LogP contribution in [-0.4, -0.2) is 50.8 Å². The first-order chi connectivity index (χ1) is 16.2. The van der Waals surface area contributed by atoms with Crippen molar-refractivity contribution in [1.82, 2.24) is 16.0 Å². The highest BCUT2D eigenvalue weighted by molar-refractivity contribution is 6.23. The first kappa shape index (κ1) is 24.8. The number of hydrogen-bond acceptors (Lipinski definition) is 7. The van der Waals surface area contributed by atoms with Crippen LogP contribution in [0.15, 0.2) is 60.4 Å². The second-order valence-corrected chi connectivity index (χ2v) is 8.02. The van der Waals surface area contributed by atoms with Crippen molar-refractivity contribution < 1.29 is 14.3 Å². The van der Waals surface area contributed by atoms with Crippen LogP contribution in [0.4, 0.5) is 0 Å². The summed E-state index contributed by atoms with van der Waals surface area (Å²) < 4.78 is 5.72. The SMILES string of the molecule is NCCCNCCCNCCCNCc1ccc(OC2=CC(=O)c3ccccc3C2=O)cc1. The normalized spacial score (nSPS) is 13.1. The van der Waals surface area contributed by atoms with Gasteiger partial charge in [0.05, 0.1) is 0 Å². The van der Waals surface area contributed by atoms with Crippen LogP contribution in [0, 0.1) is 0 Å². The van der Waals surface area contributed by atoms with Gasteiger partial charge in [-0.3, -0.25) is 9.59 Å². The molecule has 0 fully saturated rings. The van der Waals surface area contributed by atoms with E-state index in [-0.39, 0.29) is 17.3 Å². The molecule has 0 amide bonds. The number of hydrogen-bond donors (Lipinski definition) is 4. The smallest absolute Gasteiger partial charge is 0.229 e. The van der Waals surface area contributed by atoms with Crippen LogP contribution in [0.5, 0.6) is 5.75 Å². The fourth-order valence-corrected chi connectivity index (χ4v) is 3.56. The molecule has 0 unspecified atom stereocenters. The Morgan fingerprint density at radius 2 is 1.33 bits per heavy atom. The van der Waals surface area contributed by atoms with Crippen LogP contribution < -0.4 is 26.4 Å². The molecular formula is C26H34N4O3. The van der Waals surface area contributed by atoms with Crippen molar-refractivity contribution >= 4 is 11.6 Å². The number of fused-ring (bicyclic) bond motifs is 1. The van der Waals surface area contributed by atoms with Gasteiger partial charge in [0.25, 0.3) is 0 Å². The summed E-state index contributed by atoms with van der Waals surface area (Å²) >= 11 is 0. The zero-order chi connectivity index (χ0) is 23.3. The molecule has 5 N–H and O–H groups in total. The van der Waals surface area contributed by atoms with E-state index in [9.17, 15) is 9.59 Å². The summed E-state index contributed by atoms with van der Waals surface area (Å²) in [6, 6.07) is 14.4. The molecule has 0 saturated carbocycles. The van der Waals surface area contributed by atoms with E-state index in [0.717, 1.165) is 70.6 Å². The monoisotopic (exact) mass is 450 g/mol. The fraction of sp³-hybridized carbons (Fsp3) is 0.385. The van der Waals surface area contributed by atoms with Gasteiger partial charge in [0.1, 0.15) is 5.75 Å². The molecule has 3 rings (SSSR count). The average molecular weight is 451 g/mol. The lowest BCUT2D eigenvalue weighted by molar-refractivity contribution is 0.0947. The summed E-state index contributed by atoms with van der Waals surface area (Å²) in [4.78, 5) is 24.9. The van der Waals surface area contributed by atoms with Crippen molar-refractivity contribution in [1.29, 1.82) is 0 Å². The van der Waals surface area contributed by atoms with Gasteiger partial charge in [-0.2, -0.15) is 0 Å². The molecule has 0 atom stereocenters. The highest BCUT2D eigenvalue weighted by atomic mass is 16.5. The number of carbonyl (C=O) groups is 2. The summed E-state index contributed by atoms with van der Waals surface area (Å²) in [5.41, 5.74) is 7.39. The Bertz CT molecular complexity index is 941. The molecule has 1 aliphatic rings. The molecule has 0 bridgehead atoms. The van der Waals surface area contributed by atoms with E-state index in [2.05, 4.69) is 16.0 Å². The van der Waals surface area contributed by atoms with Crippen LogP contribution >= 0.6 is 0 Å². The molecule has 7 heteroatoms. The maximum atomic E-state index is 12.6. The zero-order valence-electron chi connectivity index (χ0n) is 19.1. The molecule has 2 aromatic rings. The van der Waals surface area contributed by atoms with E-state index in [1.165, 1.54) is 6.08 Å². The summed E-state index contributed by atoms with van der Waals surface area (Å²) in [5.74, 6) is 0.109. The summed E-state index contributed by atoms with van der Waals surface area (Å²) in [7, 11) is 0. The number of ether oxygens (including phenoxy) is 1. The first-order valence-corrected chi connectivity index (χ1v) is 11.7. The maximum Gasteiger partial charge on any atom is 0.229 e. The third kappa shape index (κ3) is 7.91. The van der Waals surface area contributed by atoms with Gasteiger partial charge in [-0.05, 0) is 76.2 Å². The Hall–Kier alpha value is -2.84. The molecule has 0 saturated heterocycles. The highest BCUT2D eigenvalue weighted by Gasteiger charge is 2.26. The lowest BCUT2D eigenvalue weighted by Crippen LogP contribution is -2.26. The number of Topliss-reactive ketones (excluding diaryl/α,β-unsaturated/α-hetero) is 1. The van der Waals surface area contributed by atoms with E-state index in [4.69, 9.17) is 10.5 Å². The molecule has 1 aliphatic carbocycles. The van der Waals surface area contributed by atoms with E-state index in [0.29, 0.717) is 16.9 Å². The van der Waals surface area contributed by atoms with Gasteiger partial charge < -0.3 is 26.4 Å². The Balaban J connectivity index is 1.31. The number of nitrogens with two attached hydrogens (primary N) is 1. The molecule has 0 aromatic heterocycles. The number of benzene rings is 2. The van der Waals surface area contributed by atoms with E-state index >= 15 is 0 Å². The van der Waals surface area contributed by atoms with Crippen LogP contribution in [0.25, 0.3) is 0 Å². The van der Waals surface area contributed by atoms with Gasteiger partial charge in [0, 0.05) is 23.7 Å². The minimum atomic E-state index is -0.271. The Morgan fingerprint density at radius 3 is 2.00 bits per heavy atom. The largest absolute Gasteiger partial charge is 0.453 e. The van der Waals surface area contributed by atoms with Crippen molar-refractivity contribution in [2.45, 2.75) is 25.8 Å². The molecule has 0 heterocycles. The van der Waals surface area contributed by atoms with Crippen molar-refractivity contribution in [3.05, 3.63) is 77.1 Å². The average Bonchev–Trinajstić information content (AvgIpc) is 2.84. The minimum Gasteiger partial charge on any atom is -0.453 e. The highest BCUT2D eigenvalue weighted by Crippen LogP contribution is 2.24. The Kier molecular flexibility index (Phi) is 10.3. The predicted octanol–water partition coefficient (Wildman–Crippen LogP) is 2.43. The second kappa shape index (κ2) is 13.6. The van der Waals surface area contributed by atoms with E-state index < -0.39 is 0 Å². The lowest BCUT2D eigenvalue weighted by Gasteiger charge is -2.15. The van der Waals surface area contributed by atoms with E-state index in [1.807, 2.05) is 24.3 Å². The van der Waals surface area contributed by atoms with E-state index in [1.54, 1.807) is 24.3 Å². The predicted molar refractivity (Wildman–Crippen MR) is 131 cm³/mol. The van der Waals surface area contributed by atoms with Gasteiger partial charge >= 0.3 is 0 Å². The number of carbonyl (C=O) groups excluding carboxylic acids is 2. The van der Waals surface area contributed by atoms with Crippen molar-refractivity contribution in [3.8, 4) is 5.75 Å². The van der Waals surface area contributed by atoms with Gasteiger partial charge in [-0.15, -0.1) is 0 Å². The van der Waals surface area contributed by atoms with Gasteiger partial charge in [-0.1, -0.05) is 36.4 Å². The number of rotatable bonds is 15. The molecule has 176 valence electrons. The quantitative estimate of drug-likeness (QED) is 0.309. The van der Waals surface area contributed by atoms with Crippen LogP contribution in [0.1, 0.15) is 45.5 Å². The molecule has 7 nitrogen and oxygen atoms in total. The van der Waals surface area contributed by atoms with Crippen molar-refractivity contribution in [3.63, 3.8) is 0 Å². The maximum absolute atomic E-state index is 12.6. The summed E-state index contributed by atoms with van der Waals surface area (Å²) in [5, 5.41) is 10.3. The van der Waals surface area contributed by atoms with Gasteiger partial charge in [0.2, 0.25) is 5.78 Å². The lowest BCUT2D eigenvalue weighted by atomic mass is 9.94. The molecule has 2 aromatic carbocycles. The summed E-state index contributed by atoms with van der Waals surface area (Å²) in [6.07, 6.45) is 4.48. The zero-order valence-corrected chi connectivity index (χ0v) is 19.1. The molecule has 0 spiro atoms. The molecule has 0 aliphatic heterocycles. The minimum absolute atomic E-state index is 0.0587. The van der Waals surface area contributed by atoms with Crippen LogP contribution in [0.3, 0.4) is 0 Å². The van der Waals surface area contributed by atoms with Gasteiger partial charge in [-0.25, -0.2) is 0 Å². The standard InChI is InChI=1S/C26H34N4O3/c27-12-3-13-28-14-4-15-29-16-5-17-30-19-20-8-10-21(11-9-20)33-25-18-24(31)22-6-1-2-7-23(22)26(25)32/h1-2,6-11,18,28-30H,3-5,12-17,19,27H2. The number of allylic oxidation sites excluding steroid dienone is 2. The van der Waals surface area contributed by atoms with Crippen LogP contribution in [0.2, 0.25) is 0 Å². The van der Waals surface area contributed by atoms with Gasteiger partial charge in [0.15, 0.2) is 11.5 Å². The fourth-order valence-electron chi connectivity index (χ4n) is 3.56. The number of nitrogens with one attached hydrogen (secondary N) is 3. The topological polar surface area (TPSA) is 105 Å². The summed E-state index contributed by atoms with van der Waals surface area (Å²) in [6.45, 7) is 6.48. The second-order valence-electron chi connectivity index (χ2n) is 8.02. The van der Waals surface area contributed by atoms with Crippen molar-refractivity contribution in [2.24, 2.45) is 5.73 Å². The Morgan fingerprint density at radius 1 is 0.727 bits per heavy atom. The third-order valence-electron chi connectivity index (χ3n) is 5.38. The first-order valence-electron chi connectivity index (χ1n) is 11.7. The van der Waals surface area contributed by atoms with Crippen LogP contribution in [-0.2, 0) is 6.54 Å². The molecule has 33 heavy (non-hydrogen) atoms. The van der Waals surface area contributed by atoms with Crippen molar-refractivity contribution in [2.75, 3.05) is 39.3 Å².